The molecule has 0 aliphatic heterocycles. The SMILES string of the molecule is CCCCCC(CCC)COC(=O)CCn1nnc2ccccc21. The van der Waals surface area contributed by atoms with Crippen LogP contribution in [0.25, 0.3) is 11.0 Å². The van der Waals surface area contributed by atoms with Crippen molar-refractivity contribution in [3.05, 3.63) is 24.3 Å². The summed E-state index contributed by atoms with van der Waals surface area (Å²) in [7, 11) is 0. The molecule has 0 N–H and O–H groups in total. The van der Waals surface area contributed by atoms with Gasteiger partial charge in [0.05, 0.1) is 25.1 Å². The Bertz CT molecular complexity index is 624. The van der Waals surface area contributed by atoms with Gasteiger partial charge in [-0.05, 0) is 30.9 Å². The average molecular weight is 331 g/mol. The molecule has 0 spiro atoms. The fourth-order valence-electron chi connectivity index (χ4n) is 2.96. The lowest BCUT2D eigenvalue weighted by Gasteiger charge is -2.16. The van der Waals surface area contributed by atoms with Gasteiger partial charge in [0.25, 0.3) is 0 Å². The first-order chi connectivity index (χ1) is 11.7. The molecule has 1 aromatic carbocycles. The summed E-state index contributed by atoms with van der Waals surface area (Å²) in [6, 6.07) is 7.77. The van der Waals surface area contributed by atoms with Gasteiger partial charge in [0, 0.05) is 0 Å². The van der Waals surface area contributed by atoms with E-state index in [1.807, 2.05) is 24.3 Å². The van der Waals surface area contributed by atoms with Gasteiger partial charge in [-0.3, -0.25) is 4.79 Å². The van der Waals surface area contributed by atoms with E-state index in [1.165, 1.54) is 19.3 Å². The number of aryl methyl sites for hydroxylation is 1. The van der Waals surface area contributed by atoms with Crippen LogP contribution in [0, 0.1) is 5.92 Å². The van der Waals surface area contributed by atoms with E-state index in [0.29, 0.717) is 25.5 Å². The molecule has 2 rings (SSSR count). The summed E-state index contributed by atoms with van der Waals surface area (Å²) in [5.74, 6) is 0.351. The van der Waals surface area contributed by atoms with E-state index in [9.17, 15) is 4.79 Å². The second-order valence-electron chi connectivity index (χ2n) is 6.38. The van der Waals surface area contributed by atoms with Crippen molar-refractivity contribution in [2.24, 2.45) is 5.92 Å². The van der Waals surface area contributed by atoms with Crippen molar-refractivity contribution < 1.29 is 9.53 Å². The smallest absolute Gasteiger partial charge is 0.307 e. The van der Waals surface area contributed by atoms with Crippen LogP contribution >= 0.6 is 0 Å². The van der Waals surface area contributed by atoms with E-state index in [4.69, 9.17) is 4.74 Å². The minimum absolute atomic E-state index is 0.147. The predicted molar refractivity (Wildman–Crippen MR) is 95.6 cm³/mol. The van der Waals surface area contributed by atoms with Crippen molar-refractivity contribution in [1.82, 2.24) is 15.0 Å². The molecule has 132 valence electrons. The molecule has 0 aliphatic rings. The average Bonchev–Trinajstić information content (AvgIpc) is 3.01. The van der Waals surface area contributed by atoms with Crippen LogP contribution in [-0.4, -0.2) is 27.6 Å². The number of benzene rings is 1. The Kier molecular flexibility index (Phi) is 7.72. The molecule has 1 atom stereocenters. The van der Waals surface area contributed by atoms with E-state index >= 15 is 0 Å². The number of fused-ring (bicyclic) bond motifs is 1. The van der Waals surface area contributed by atoms with Crippen molar-refractivity contribution in [3.63, 3.8) is 0 Å². The molecule has 0 bridgehead atoms. The van der Waals surface area contributed by atoms with Gasteiger partial charge in [-0.2, -0.15) is 0 Å². The Hall–Kier alpha value is -1.91. The standard InChI is InChI=1S/C19H29N3O2/c1-3-5-6-10-16(9-4-2)15-24-19(23)13-14-22-18-12-8-7-11-17(18)20-21-22/h7-8,11-12,16H,3-6,9-10,13-15H2,1-2H3. The highest BCUT2D eigenvalue weighted by atomic mass is 16.5. The monoisotopic (exact) mass is 331 g/mol. The van der Waals surface area contributed by atoms with Crippen LogP contribution in [-0.2, 0) is 16.1 Å². The normalized spacial score (nSPS) is 12.4. The summed E-state index contributed by atoms with van der Waals surface area (Å²) in [5, 5.41) is 8.20. The molecule has 0 aliphatic carbocycles. The first kappa shape index (κ1) is 18.4. The van der Waals surface area contributed by atoms with Crippen molar-refractivity contribution in [2.75, 3.05) is 6.61 Å². The van der Waals surface area contributed by atoms with E-state index in [1.54, 1.807) is 4.68 Å². The zero-order chi connectivity index (χ0) is 17.2. The Balaban J connectivity index is 1.75. The van der Waals surface area contributed by atoms with E-state index in [0.717, 1.165) is 30.3 Å². The van der Waals surface area contributed by atoms with Crippen LogP contribution in [0.2, 0.25) is 0 Å². The highest BCUT2D eigenvalue weighted by Gasteiger charge is 2.12. The highest BCUT2D eigenvalue weighted by molar-refractivity contribution is 5.74. The first-order valence-corrected chi connectivity index (χ1v) is 9.18. The Labute approximate surface area is 144 Å². The van der Waals surface area contributed by atoms with E-state index < -0.39 is 0 Å². The Morgan fingerprint density at radius 2 is 2.00 bits per heavy atom. The maximum atomic E-state index is 12.0. The molecular formula is C19H29N3O2. The lowest BCUT2D eigenvalue weighted by Crippen LogP contribution is -2.16. The number of aromatic nitrogens is 3. The third kappa shape index (κ3) is 5.62. The van der Waals surface area contributed by atoms with Crippen LogP contribution < -0.4 is 0 Å². The number of nitrogens with zero attached hydrogens (tertiary/aromatic N) is 3. The molecule has 24 heavy (non-hydrogen) atoms. The predicted octanol–water partition coefficient (Wildman–Crippen LogP) is 4.36. The summed E-state index contributed by atoms with van der Waals surface area (Å²) in [6.07, 6.45) is 7.47. The summed E-state index contributed by atoms with van der Waals surface area (Å²) in [4.78, 5) is 12.0. The lowest BCUT2D eigenvalue weighted by molar-refractivity contribution is -0.145. The largest absolute Gasteiger partial charge is 0.465 e. The lowest BCUT2D eigenvalue weighted by atomic mass is 9.97. The maximum absolute atomic E-state index is 12.0. The van der Waals surface area contributed by atoms with Crippen LogP contribution in [0.5, 0.6) is 0 Å². The molecular weight excluding hydrogens is 302 g/mol. The molecule has 0 radical (unpaired) electrons. The van der Waals surface area contributed by atoms with Gasteiger partial charge in [-0.1, -0.05) is 56.9 Å². The molecule has 1 heterocycles. The van der Waals surface area contributed by atoms with Crippen molar-refractivity contribution in [1.29, 1.82) is 0 Å². The molecule has 0 saturated heterocycles. The van der Waals surface area contributed by atoms with Gasteiger partial charge in [-0.15, -0.1) is 5.10 Å². The second-order valence-corrected chi connectivity index (χ2v) is 6.38. The number of hydrogen-bond donors (Lipinski definition) is 0. The minimum atomic E-state index is -0.147. The van der Waals surface area contributed by atoms with Gasteiger partial charge in [0.1, 0.15) is 5.52 Å². The van der Waals surface area contributed by atoms with Gasteiger partial charge in [0.2, 0.25) is 0 Å². The molecule has 0 fully saturated rings. The number of unbranched alkanes of at least 4 members (excludes halogenated alkanes) is 2. The maximum Gasteiger partial charge on any atom is 0.307 e. The molecule has 1 unspecified atom stereocenters. The number of carbonyl (C=O) groups is 1. The number of carbonyl (C=O) groups excluding carboxylic acids is 1. The van der Waals surface area contributed by atoms with Crippen molar-refractivity contribution >= 4 is 17.0 Å². The highest BCUT2D eigenvalue weighted by Crippen LogP contribution is 2.16. The van der Waals surface area contributed by atoms with Crippen molar-refractivity contribution in [2.45, 2.75) is 65.3 Å². The number of para-hydroxylation sites is 1. The topological polar surface area (TPSA) is 57.0 Å². The molecule has 0 saturated carbocycles. The van der Waals surface area contributed by atoms with E-state index in [-0.39, 0.29) is 5.97 Å². The molecule has 1 aromatic heterocycles. The molecule has 2 aromatic rings. The fraction of sp³-hybridized carbons (Fsp3) is 0.632. The van der Waals surface area contributed by atoms with Gasteiger partial charge in [-0.25, -0.2) is 4.68 Å². The van der Waals surface area contributed by atoms with Crippen molar-refractivity contribution in [3.8, 4) is 0 Å². The molecule has 5 nitrogen and oxygen atoms in total. The quantitative estimate of drug-likeness (QED) is 0.453. The number of esters is 1. The minimum Gasteiger partial charge on any atom is -0.465 e. The first-order valence-electron chi connectivity index (χ1n) is 9.18. The summed E-state index contributed by atoms with van der Waals surface area (Å²) in [6.45, 7) is 5.45. The molecule has 0 amide bonds. The van der Waals surface area contributed by atoms with Crippen LogP contribution in [0.1, 0.15) is 58.8 Å². The van der Waals surface area contributed by atoms with Crippen LogP contribution in [0.15, 0.2) is 24.3 Å². The van der Waals surface area contributed by atoms with Gasteiger partial charge >= 0.3 is 5.97 Å². The van der Waals surface area contributed by atoms with Gasteiger partial charge < -0.3 is 4.74 Å². The second kappa shape index (κ2) is 10.1. The number of ether oxygens (including phenoxy) is 1. The summed E-state index contributed by atoms with van der Waals surface area (Å²) < 4.78 is 7.26. The number of hydrogen-bond acceptors (Lipinski definition) is 4. The third-order valence-electron chi connectivity index (χ3n) is 4.34. The van der Waals surface area contributed by atoms with Gasteiger partial charge in [0.15, 0.2) is 0 Å². The number of rotatable bonds is 11. The fourth-order valence-corrected chi connectivity index (χ4v) is 2.96. The van der Waals surface area contributed by atoms with Crippen LogP contribution in [0.4, 0.5) is 0 Å². The Morgan fingerprint density at radius 3 is 2.79 bits per heavy atom. The zero-order valence-corrected chi connectivity index (χ0v) is 14.9. The summed E-state index contributed by atoms with van der Waals surface area (Å²) >= 11 is 0. The van der Waals surface area contributed by atoms with Crippen LogP contribution in [0.3, 0.4) is 0 Å². The van der Waals surface area contributed by atoms with E-state index in [2.05, 4.69) is 24.2 Å². The third-order valence-corrected chi connectivity index (χ3v) is 4.34. The zero-order valence-electron chi connectivity index (χ0n) is 14.9. The summed E-state index contributed by atoms with van der Waals surface area (Å²) in [5.41, 5.74) is 1.80. The Morgan fingerprint density at radius 1 is 1.17 bits per heavy atom. The molecule has 5 heteroatoms.